The van der Waals surface area contributed by atoms with Crippen LogP contribution in [0.4, 0.5) is 10.2 Å². The van der Waals surface area contributed by atoms with Crippen LogP contribution < -0.4 is 5.73 Å². The summed E-state index contributed by atoms with van der Waals surface area (Å²) in [5, 5.41) is 10.9. The van der Waals surface area contributed by atoms with E-state index in [0.717, 1.165) is 3.57 Å². The number of nitrogens with two attached hydrogens (primary N) is 1. The molecule has 0 bridgehead atoms. The van der Waals surface area contributed by atoms with E-state index in [1.165, 1.54) is 13.3 Å². The smallest absolute Gasteiger partial charge is 0.192 e. The molecule has 2 aromatic heterocycles. The number of hydrogen-bond donors (Lipinski definition) is 2. The Bertz CT molecular complexity index is 913. The van der Waals surface area contributed by atoms with Gasteiger partial charge in [0.1, 0.15) is 30.0 Å². The van der Waals surface area contributed by atoms with E-state index in [4.69, 9.17) is 14.9 Å². The Kier molecular flexibility index (Phi) is 5.83. The van der Waals surface area contributed by atoms with Crippen LogP contribution in [-0.2, 0) is 9.16 Å². The minimum Gasteiger partial charge on any atom is -0.408 e. The topological polar surface area (TPSA) is 95.4 Å². The van der Waals surface area contributed by atoms with E-state index >= 15 is 4.39 Å². The quantitative estimate of drug-likeness (QED) is 0.453. The van der Waals surface area contributed by atoms with Gasteiger partial charge >= 0.3 is 0 Å². The minimum absolute atomic E-state index is 0.110. The third-order valence-corrected chi connectivity index (χ3v) is 11.4. The molecule has 1 fully saturated rings. The molecule has 29 heavy (non-hydrogen) atoms. The van der Waals surface area contributed by atoms with Crippen molar-refractivity contribution in [2.45, 2.75) is 83.0 Å². The summed E-state index contributed by atoms with van der Waals surface area (Å²) in [6.45, 7) is 13.5. The lowest BCUT2D eigenvalue weighted by atomic mass is 9.96. The first-order chi connectivity index (χ1) is 13.2. The van der Waals surface area contributed by atoms with Crippen LogP contribution in [0, 0.1) is 3.57 Å². The Hall–Kier alpha value is -0.823. The molecule has 1 aliphatic heterocycles. The number of anilines is 1. The average Bonchev–Trinajstić information content (AvgIpc) is 3.02. The first-order valence-electron chi connectivity index (χ1n) is 9.65. The van der Waals surface area contributed by atoms with E-state index in [1.807, 2.05) is 0 Å². The van der Waals surface area contributed by atoms with Gasteiger partial charge in [0.15, 0.2) is 20.2 Å². The predicted octanol–water partition coefficient (Wildman–Crippen LogP) is 4.01. The van der Waals surface area contributed by atoms with Crippen molar-refractivity contribution < 1.29 is 18.7 Å². The van der Waals surface area contributed by atoms with Crippen molar-refractivity contribution in [2.75, 3.05) is 5.73 Å². The van der Waals surface area contributed by atoms with Gasteiger partial charge in [-0.3, -0.25) is 0 Å². The summed E-state index contributed by atoms with van der Waals surface area (Å²) in [4.78, 5) is 8.34. The van der Waals surface area contributed by atoms with E-state index in [-0.39, 0.29) is 5.04 Å². The monoisotopic (exact) mass is 536 g/mol. The van der Waals surface area contributed by atoms with Gasteiger partial charge in [-0.2, -0.15) is 0 Å². The Morgan fingerprint density at radius 2 is 2.03 bits per heavy atom. The third kappa shape index (κ3) is 3.82. The molecule has 162 valence electrons. The molecule has 1 aliphatic rings. The van der Waals surface area contributed by atoms with Gasteiger partial charge in [-0.05, 0) is 54.6 Å². The van der Waals surface area contributed by atoms with Gasteiger partial charge in [0.25, 0.3) is 0 Å². The normalized spacial score (nSPS) is 29.5. The third-order valence-electron chi connectivity index (χ3n) is 6.17. The molecule has 10 heteroatoms. The van der Waals surface area contributed by atoms with Crippen molar-refractivity contribution in [3.8, 4) is 0 Å². The van der Waals surface area contributed by atoms with E-state index in [0.29, 0.717) is 16.9 Å². The standard InChI is InChI=1S/C19H30FIN4O3Si/c1-10(26)13-14(28-29(6,7)18(2,3)4)19(5,20)17(27-13)25-8-11(21)12-15(22)23-9-24-16(12)25/h8-10,13-14,17,26H,1-7H3,(H2,22,23,24)/t10?,13-,14-,17?,19-/m1/s1. The van der Waals surface area contributed by atoms with Gasteiger partial charge in [0.05, 0.1) is 11.5 Å². The fourth-order valence-corrected chi connectivity index (χ4v) is 5.61. The van der Waals surface area contributed by atoms with Crippen LogP contribution >= 0.6 is 22.6 Å². The summed E-state index contributed by atoms with van der Waals surface area (Å²) in [5.41, 5.74) is 4.60. The molecule has 3 heterocycles. The summed E-state index contributed by atoms with van der Waals surface area (Å²) in [7, 11) is -2.32. The van der Waals surface area contributed by atoms with Gasteiger partial charge < -0.3 is 24.6 Å². The maximum atomic E-state index is 16.4. The van der Waals surface area contributed by atoms with Crippen LogP contribution in [0.2, 0.25) is 18.1 Å². The van der Waals surface area contributed by atoms with Gasteiger partial charge in [-0.1, -0.05) is 20.8 Å². The molecule has 1 saturated heterocycles. The SMILES string of the molecule is CC(O)[C@H]1OC(n2cc(I)c3c(N)ncnc32)[C@](C)(F)[C@@H]1O[Si](C)(C)C(C)(C)C. The maximum Gasteiger partial charge on any atom is 0.192 e. The number of nitrogens with zero attached hydrogens (tertiary/aromatic N) is 3. The van der Waals surface area contributed by atoms with Crippen LogP contribution in [0.3, 0.4) is 0 Å². The highest BCUT2D eigenvalue weighted by atomic mass is 127. The molecule has 0 spiro atoms. The van der Waals surface area contributed by atoms with Gasteiger partial charge in [0, 0.05) is 9.77 Å². The number of hydrogen-bond acceptors (Lipinski definition) is 6. The van der Waals surface area contributed by atoms with Gasteiger partial charge in [-0.25, -0.2) is 14.4 Å². The molecule has 3 rings (SSSR count). The first kappa shape index (κ1) is 22.9. The second kappa shape index (κ2) is 7.40. The Morgan fingerprint density at radius 1 is 1.41 bits per heavy atom. The van der Waals surface area contributed by atoms with E-state index in [2.05, 4.69) is 66.4 Å². The number of halogens is 2. The zero-order valence-electron chi connectivity index (χ0n) is 17.9. The Morgan fingerprint density at radius 3 is 2.59 bits per heavy atom. The molecule has 2 aromatic rings. The Labute approximate surface area is 185 Å². The number of fused-ring (bicyclic) bond motifs is 1. The molecule has 5 atom stereocenters. The highest BCUT2D eigenvalue weighted by Gasteiger charge is 2.60. The van der Waals surface area contributed by atoms with Crippen molar-refractivity contribution in [1.82, 2.24) is 14.5 Å². The molecule has 0 aromatic carbocycles. The highest BCUT2D eigenvalue weighted by molar-refractivity contribution is 14.1. The molecule has 7 nitrogen and oxygen atoms in total. The zero-order chi connectivity index (χ0) is 21.9. The number of ether oxygens (including phenoxy) is 1. The summed E-state index contributed by atoms with van der Waals surface area (Å²) in [5.74, 6) is 0.331. The maximum absolute atomic E-state index is 16.4. The number of nitrogen functional groups attached to an aromatic ring is 1. The molecule has 0 amide bonds. The molecule has 2 unspecified atom stereocenters. The van der Waals surface area contributed by atoms with Crippen LogP contribution in [0.15, 0.2) is 12.5 Å². The van der Waals surface area contributed by atoms with Crippen molar-refractivity contribution in [3.05, 3.63) is 16.1 Å². The second-order valence-corrected chi connectivity index (χ2v) is 15.4. The molecule has 0 radical (unpaired) electrons. The molecule has 0 saturated carbocycles. The lowest BCUT2D eigenvalue weighted by Crippen LogP contribution is -2.53. The number of rotatable bonds is 4. The summed E-state index contributed by atoms with van der Waals surface area (Å²) >= 11 is 2.13. The number of aromatic nitrogens is 3. The van der Waals surface area contributed by atoms with E-state index in [1.54, 1.807) is 17.7 Å². The lowest BCUT2D eigenvalue weighted by molar-refractivity contribution is -0.0786. The van der Waals surface area contributed by atoms with Crippen LogP contribution in [0.1, 0.15) is 40.8 Å². The van der Waals surface area contributed by atoms with Crippen molar-refractivity contribution in [2.24, 2.45) is 0 Å². The van der Waals surface area contributed by atoms with Crippen LogP contribution in [0.5, 0.6) is 0 Å². The van der Waals surface area contributed by atoms with Crippen LogP contribution in [0.25, 0.3) is 11.0 Å². The first-order valence-corrected chi connectivity index (χ1v) is 13.6. The molecular weight excluding hydrogens is 506 g/mol. The fraction of sp³-hybridized carbons (Fsp3) is 0.684. The average molecular weight is 536 g/mol. The molecular formula is C19H30FIN4O3Si. The van der Waals surface area contributed by atoms with Gasteiger partial charge in [0.2, 0.25) is 0 Å². The second-order valence-electron chi connectivity index (χ2n) is 9.49. The fourth-order valence-electron chi connectivity index (χ4n) is 3.44. The number of aliphatic hydroxyl groups is 1. The van der Waals surface area contributed by atoms with Gasteiger partial charge in [-0.15, -0.1) is 0 Å². The van der Waals surface area contributed by atoms with Crippen molar-refractivity contribution in [3.63, 3.8) is 0 Å². The van der Waals surface area contributed by atoms with E-state index in [9.17, 15) is 5.11 Å². The van der Waals surface area contributed by atoms with Crippen molar-refractivity contribution >= 4 is 47.8 Å². The zero-order valence-corrected chi connectivity index (χ0v) is 21.1. The molecule has 0 aliphatic carbocycles. The summed E-state index contributed by atoms with van der Waals surface area (Å²) in [6.07, 6.45) is -0.527. The van der Waals surface area contributed by atoms with Crippen molar-refractivity contribution in [1.29, 1.82) is 0 Å². The minimum atomic E-state index is -2.32. The van der Waals surface area contributed by atoms with E-state index < -0.39 is 38.5 Å². The highest BCUT2D eigenvalue weighted by Crippen LogP contribution is 2.49. The number of aliphatic hydroxyl groups excluding tert-OH is 1. The van der Waals surface area contributed by atoms with Crippen LogP contribution in [-0.4, -0.2) is 51.9 Å². The predicted molar refractivity (Wildman–Crippen MR) is 122 cm³/mol. The largest absolute Gasteiger partial charge is 0.408 e. The lowest BCUT2D eigenvalue weighted by Gasteiger charge is -2.41. The molecule has 3 N–H and O–H groups in total. The summed E-state index contributed by atoms with van der Waals surface area (Å²) in [6, 6.07) is 0. The number of alkyl halides is 1. The Balaban J connectivity index is 2.08. The summed E-state index contributed by atoms with van der Waals surface area (Å²) < 4.78 is 31.3.